The van der Waals surface area contributed by atoms with Crippen LogP contribution in [0.4, 0.5) is 0 Å². The predicted octanol–water partition coefficient (Wildman–Crippen LogP) is 0.523. The molecule has 0 heterocycles. The number of carboxylic acid groups (broad SMARTS) is 1. The number of aromatic carboxylic acids is 1. The number of carbonyl (C=O) groups is 1. The first-order valence-electron chi connectivity index (χ1n) is 3.10. The van der Waals surface area contributed by atoms with Crippen molar-refractivity contribution in [3.8, 4) is 17.2 Å². The van der Waals surface area contributed by atoms with Crippen molar-refractivity contribution < 1.29 is 25.2 Å². The van der Waals surface area contributed by atoms with Gasteiger partial charge in [-0.05, 0) is 11.8 Å². The van der Waals surface area contributed by atoms with Gasteiger partial charge in [-0.3, -0.25) is 0 Å². The molecule has 70 valence electrons. The highest BCUT2D eigenvalue weighted by Crippen LogP contribution is 2.40. The van der Waals surface area contributed by atoms with Crippen molar-refractivity contribution in [3.63, 3.8) is 0 Å². The molecule has 0 radical (unpaired) electrons. The van der Waals surface area contributed by atoms with Crippen LogP contribution in [0, 0.1) is 0 Å². The second kappa shape index (κ2) is 3.02. The average Bonchev–Trinajstić information content (AvgIpc) is 2.07. The highest BCUT2D eigenvalue weighted by molar-refractivity contribution is 6.35. The summed E-state index contributed by atoms with van der Waals surface area (Å²) < 4.78 is 0. The van der Waals surface area contributed by atoms with Crippen LogP contribution in [0.1, 0.15) is 10.4 Å². The molecule has 3 N–H and O–H groups in total. The lowest BCUT2D eigenvalue weighted by Crippen LogP contribution is -2.01. The first-order valence-corrected chi connectivity index (χ1v) is 3.47. The number of hydrogen-bond acceptors (Lipinski definition) is 4. The van der Waals surface area contributed by atoms with Crippen LogP contribution < -0.4 is 5.11 Å². The summed E-state index contributed by atoms with van der Waals surface area (Å²) in [6, 6.07) is 0.710. The second-order valence-electron chi connectivity index (χ2n) is 2.24. The third kappa shape index (κ3) is 1.46. The van der Waals surface area contributed by atoms with Gasteiger partial charge in [-0.1, -0.05) is 11.6 Å². The topological polar surface area (TPSA) is 101 Å². The highest BCUT2D eigenvalue weighted by Gasteiger charge is 2.14. The summed E-state index contributed by atoms with van der Waals surface area (Å²) in [7, 11) is 0. The van der Waals surface area contributed by atoms with Gasteiger partial charge in [0.25, 0.3) is 0 Å². The Labute approximate surface area is 77.4 Å². The van der Waals surface area contributed by atoms with Crippen LogP contribution in [0.15, 0.2) is 6.07 Å². The Hall–Kier alpha value is -1.62. The summed E-state index contributed by atoms with van der Waals surface area (Å²) in [5.41, 5.74) is -0.540. The van der Waals surface area contributed by atoms with E-state index in [-0.39, 0.29) is 0 Å². The molecule has 0 amide bonds. The van der Waals surface area contributed by atoms with Gasteiger partial charge in [-0.2, -0.15) is 0 Å². The van der Waals surface area contributed by atoms with Gasteiger partial charge in [0.05, 0.1) is 10.6 Å². The van der Waals surface area contributed by atoms with Crippen LogP contribution in [0.25, 0.3) is 0 Å². The molecule has 0 atom stereocenters. The highest BCUT2D eigenvalue weighted by atomic mass is 35.5. The molecule has 5 nitrogen and oxygen atoms in total. The molecule has 1 rings (SSSR count). The van der Waals surface area contributed by atoms with Gasteiger partial charge in [0, 0.05) is 0 Å². The summed E-state index contributed by atoms with van der Waals surface area (Å²) in [5.74, 6) is -4.29. The lowest BCUT2D eigenvalue weighted by molar-refractivity contribution is -0.270. The minimum Gasteiger partial charge on any atom is -0.869 e. The van der Waals surface area contributed by atoms with Crippen LogP contribution >= 0.6 is 11.6 Å². The number of aromatic hydroxyl groups is 2. The monoisotopic (exact) mass is 203 g/mol. The summed E-state index contributed by atoms with van der Waals surface area (Å²) in [6.45, 7) is 0. The van der Waals surface area contributed by atoms with Crippen LogP contribution in [0.2, 0.25) is 5.02 Å². The van der Waals surface area contributed by atoms with Crippen molar-refractivity contribution in [2.24, 2.45) is 0 Å². The number of rotatable bonds is 1. The summed E-state index contributed by atoms with van der Waals surface area (Å²) in [4.78, 5) is 10.4. The molecule has 0 aliphatic carbocycles. The molecule has 0 aliphatic rings. The molecule has 1 aromatic rings. The van der Waals surface area contributed by atoms with Gasteiger partial charge in [-0.25, -0.2) is 4.79 Å². The van der Waals surface area contributed by atoms with E-state index in [2.05, 4.69) is 0 Å². The molecule has 0 saturated carbocycles. The number of phenols is 2. The predicted molar refractivity (Wildman–Crippen MR) is 41.2 cm³/mol. The molecule has 0 unspecified atom stereocenters. The molecular weight excluding hydrogens is 200 g/mol. The molecule has 0 aromatic heterocycles. The van der Waals surface area contributed by atoms with Crippen molar-refractivity contribution in [2.75, 3.05) is 0 Å². The van der Waals surface area contributed by atoms with Crippen molar-refractivity contribution in [1.29, 1.82) is 0 Å². The fourth-order valence-corrected chi connectivity index (χ4v) is 0.992. The first kappa shape index (κ1) is 9.47. The van der Waals surface area contributed by atoms with Crippen molar-refractivity contribution in [1.82, 2.24) is 0 Å². The molecule has 0 fully saturated rings. The zero-order valence-electron chi connectivity index (χ0n) is 6.11. The maximum absolute atomic E-state index is 10.9. The largest absolute Gasteiger partial charge is 0.869 e. The lowest BCUT2D eigenvalue weighted by Gasteiger charge is -2.13. The van der Waals surface area contributed by atoms with Crippen LogP contribution in [0.3, 0.4) is 0 Å². The minimum atomic E-state index is -1.45. The molecule has 13 heavy (non-hydrogen) atoms. The van der Waals surface area contributed by atoms with E-state index in [1.54, 1.807) is 0 Å². The zero-order valence-corrected chi connectivity index (χ0v) is 6.87. The van der Waals surface area contributed by atoms with Gasteiger partial charge in [-0.15, -0.1) is 0 Å². The normalized spacial score (nSPS) is 9.92. The fourth-order valence-electron chi connectivity index (χ4n) is 0.767. The number of benzene rings is 1. The van der Waals surface area contributed by atoms with Crippen molar-refractivity contribution in [2.45, 2.75) is 0 Å². The molecule has 6 heteroatoms. The lowest BCUT2D eigenvalue weighted by atomic mass is 10.2. The van der Waals surface area contributed by atoms with Gasteiger partial charge < -0.3 is 20.4 Å². The van der Waals surface area contributed by atoms with Crippen LogP contribution in [0.5, 0.6) is 17.2 Å². The van der Waals surface area contributed by atoms with Crippen molar-refractivity contribution in [3.05, 3.63) is 16.7 Å². The quantitative estimate of drug-likeness (QED) is 0.578. The molecule has 0 bridgehead atoms. The number of halogens is 1. The van der Waals surface area contributed by atoms with E-state index in [0.717, 1.165) is 0 Å². The van der Waals surface area contributed by atoms with Crippen LogP contribution in [-0.4, -0.2) is 21.3 Å². The maximum atomic E-state index is 10.9. The minimum absolute atomic E-state index is 0.540. The second-order valence-corrected chi connectivity index (χ2v) is 2.62. The molecule has 0 aliphatic heterocycles. The third-order valence-electron chi connectivity index (χ3n) is 1.40. The zero-order chi connectivity index (χ0) is 10.2. The van der Waals surface area contributed by atoms with Crippen LogP contribution in [-0.2, 0) is 0 Å². The Bertz CT molecular complexity index is 374. The Morgan fingerprint density at radius 3 is 2.46 bits per heavy atom. The van der Waals surface area contributed by atoms with Gasteiger partial charge in [0.1, 0.15) is 0 Å². The molecule has 0 saturated heterocycles. The Balaban J connectivity index is 3.50. The van der Waals surface area contributed by atoms with E-state index < -0.39 is 33.8 Å². The maximum Gasteiger partial charge on any atom is 0.337 e. The van der Waals surface area contributed by atoms with E-state index in [1.165, 1.54) is 0 Å². The van der Waals surface area contributed by atoms with Crippen molar-refractivity contribution >= 4 is 17.6 Å². The fraction of sp³-hybridized carbons (Fsp3) is 0. The average molecular weight is 204 g/mol. The number of carboxylic acids is 1. The Morgan fingerprint density at radius 1 is 1.46 bits per heavy atom. The summed E-state index contributed by atoms with van der Waals surface area (Å²) >= 11 is 5.30. The van der Waals surface area contributed by atoms with Gasteiger partial charge >= 0.3 is 5.97 Å². The van der Waals surface area contributed by atoms with Gasteiger partial charge in [0.15, 0.2) is 11.5 Å². The third-order valence-corrected chi connectivity index (χ3v) is 1.78. The standard InChI is InChI=1S/C7H5ClO5/c8-4-2(7(12)13)1-3(9)5(10)6(4)11/h1,9-11H,(H,12,13)/p-1. The summed E-state index contributed by atoms with van der Waals surface area (Å²) in [5, 5.41) is 36.5. The molecule has 1 aromatic carbocycles. The van der Waals surface area contributed by atoms with E-state index in [9.17, 15) is 9.90 Å². The smallest absolute Gasteiger partial charge is 0.337 e. The van der Waals surface area contributed by atoms with E-state index >= 15 is 0 Å². The SMILES string of the molecule is O=C(O)c1cc(O)c(O)c([O-])c1Cl. The van der Waals surface area contributed by atoms with E-state index in [1.807, 2.05) is 0 Å². The molecular formula is C7H4ClO5-. The Kier molecular flexibility index (Phi) is 2.20. The van der Waals surface area contributed by atoms with E-state index in [4.69, 9.17) is 26.9 Å². The number of phenolic OH excluding ortho intramolecular Hbond substituents is 2. The first-order chi connectivity index (χ1) is 5.95. The number of hydrogen-bond donors (Lipinski definition) is 3. The Morgan fingerprint density at radius 2 is 2.00 bits per heavy atom. The summed E-state index contributed by atoms with van der Waals surface area (Å²) in [6.07, 6.45) is 0. The molecule has 0 spiro atoms. The van der Waals surface area contributed by atoms with E-state index in [0.29, 0.717) is 6.07 Å². The van der Waals surface area contributed by atoms with Gasteiger partial charge in [0.2, 0.25) is 0 Å².